The normalized spacial score (nSPS) is 21.2. The van der Waals surface area contributed by atoms with Crippen LogP contribution in [0.2, 0.25) is 0 Å². The predicted octanol–water partition coefficient (Wildman–Crippen LogP) is 1.76. The number of hydrogen-bond acceptors (Lipinski definition) is 3. The number of rotatable bonds is 5. The highest BCUT2D eigenvalue weighted by atomic mass is 16.2. The van der Waals surface area contributed by atoms with Crippen LogP contribution in [0.15, 0.2) is 24.3 Å². The van der Waals surface area contributed by atoms with Gasteiger partial charge in [-0.25, -0.2) is 0 Å². The third-order valence-electron chi connectivity index (χ3n) is 4.29. The molecule has 2 aliphatic rings. The number of carbonyl (C=O) groups excluding carboxylic acids is 2. The molecule has 1 aromatic carbocycles. The van der Waals surface area contributed by atoms with Gasteiger partial charge < -0.3 is 16.0 Å². The fourth-order valence-electron chi connectivity index (χ4n) is 2.77. The Morgan fingerprint density at radius 2 is 2.09 bits per heavy atom. The van der Waals surface area contributed by atoms with Crippen molar-refractivity contribution in [1.82, 2.24) is 10.6 Å². The van der Waals surface area contributed by atoms with Crippen LogP contribution >= 0.6 is 0 Å². The summed E-state index contributed by atoms with van der Waals surface area (Å²) in [5.41, 5.74) is 1.29. The van der Waals surface area contributed by atoms with Gasteiger partial charge in [-0.3, -0.25) is 9.59 Å². The van der Waals surface area contributed by atoms with Crippen LogP contribution < -0.4 is 16.0 Å². The van der Waals surface area contributed by atoms with Crippen LogP contribution in [-0.2, 0) is 4.79 Å². The molecule has 1 aliphatic heterocycles. The van der Waals surface area contributed by atoms with Gasteiger partial charge in [0.1, 0.15) is 0 Å². The van der Waals surface area contributed by atoms with Crippen LogP contribution in [-0.4, -0.2) is 31.4 Å². The average Bonchev–Trinajstić information content (AvgIpc) is 3.39. The minimum Gasteiger partial charge on any atom is -0.352 e. The molecule has 1 heterocycles. The zero-order chi connectivity index (χ0) is 15.4. The Bertz CT molecular complexity index is 549. The molecular weight excluding hydrogens is 278 g/mol. The maximum Gasteiger partial charge on any atom is 0.251 e. The molecule has 1 unspecified atom stereocenters. The summed E-state index contributed by atoms with van der Waals surface area (Å²) in [6, 6.07) is 7.15. The number of hydrogen-bond donors (Lipinski definition) is 3. The van der Waals surface area contributed by atoms with Gasteiger partial charge in [0.2, 0.25) is 5.91 Å². The molecule has 0 radical (unpaired) electrons. The predicted molar refractivity (Wildman–Crippen MR) is 85.7 cm³/mol. The van der Waals surface area contributed by atoms with Crippen molar-refractivity contribution in [2.45, 2.75) is 25.7 Å². The summed E-state index contributed by atoms with van der Waals surface area (Å²) in [7, 11) is 0. The molecule has 1 saturated carbocycles. The van der Waals surface area contributed by atoms with Crippen LogP contribution in [0.5, 0.6) is 0 Å². The Morgan fingerprint density at radius 3 is 2.82 bits per heavy atom. The van der Waals surface area contributed by atoms with Crippen LogP contribution in [0.1, 0.15) is 36.0 Å². The summed E-state index contributed by atoms with van der Waals surface area (Å²) >= 11 is 0. The van der Waals surface area contributed by atoms with Crippen molar-refractivity contribution in [3.63, 3.8) is 0 Å². The molecule has 2 amide bonds. The first-order chi connectivity index (χ1) is 10.7. The van der Waals surface area contributed by atoms with Crippen molar-refractivity contribution in [2.24, 2.45) is 11.8 Å². The molecule has 2 fully saturated rings. The van der Waals surface area contributed by atoms with E-state index in [1.165, 1.54) is 6.42 Å². The maximum absolute atomic E-state index is 12.2. The second kappa shape index (κ2) is 6.92. The standard InChI is InChI=1S/C17H23N3O2/c21-16(19-11-12-3-2-8-18-10-12)14-4-1-5-15(9-14)20-17(22)13-6-7-13/h1,4-5,9,12-13,18H,2-3,6-8,10-11H2,(H,19,21)(H,20,22). The van der Waals surface area contributed by atoms with E-state index in [2.05, 4.69) is 16.0 Å². The summed E-state index contributed by atoms with van der Waals surface area (Å²) in [6.45, 7) is 2.75. The van der Waals surface area contributed by atoms with E-state index in [1.54, 1.807) is 18.2 Å². The molecule has 0 spiro atoms. The third kappa shape index (κ3) is 4.07. The van der Waals surface area contributed by atoms with Gasteiger partial charge in [-0.05, 0) is 62.9 Å². The van der Waals surface area contributed by atoms with E-state index < -0.39 is 0 Å². The van der Waals surface area contributed by atoms with E-state index in [-0.39, 0.29) is 17.7 Å². The van der Waals surface area contributed by atoms with E-state index in [4.69, 9.17) is 0 Å². The second-order valence-electron chi connectivity index (χ2n) is 6.27. The van der Waals surface area contributed by atoms with Gasteiger partial charge in [0.15, 0.2) is 0 Å². The number of anilines is 1. The van der Waals surface area contributed by atoms with Gasteiger partial charge in [0.25, 0.3) is 5.91 Å². The molecule has 118 valence electrons. The molecule has 1 aromatic rings. The molecule has 5 nitrogen and oxygen atoms in total. The summed E-state index contributed by atoms with van der Waals surface area (Å²) in [5.74, 6) is 0.658. The Hall–Kier alpha value is -1.88. The Balaban J connectivity index is 1.53. The van der Waals surface area contributed by atoms with Crippen LogP contribution in [0.4, 0.5) is 5.69 Å². The van der Waals surface area contributed by atoms with Gasteiger partial charge in [0, 0.05) is 23.7 Å². The number of carbonyl (C=O) groups is 2. The smallest absolute Gasteiger partial charge is 0.251 e. The molecule has 5 heteroatoms. The first-order valence-electron chi connectivity index (χ1n) is 8.12. The summed E-state index contributed by atoms with van der Waals surface area (Å²) in [4.78, 5) is 24.0. The SMILES string of the molecule is O=C(NCC1CCCNC1)c1cccc(NC(=O)C2CC2)c1. The van der Waals surface area contributed by atoms with Crippen molar-refractivity contribution in [1.29, 1.82) is 0 Å². The average molecular weight is 301 g/mol. The molecule has 0 aromatic heterocycles. The third-order valence-corrected chi connectivity index (χ3v) is 4.29. The van der Waals surface area contributed by atoms with Gasteiger partial charge in [0.05, 0.1) is 0 Å². The van der Waals surface area contributed by atoms with Crippen molar-refractivity contribution in [3.8, 4) is 0 Å². The lowest BCUT2D eigenvalue weighted by Crippen LogP contribution is -2.38. The molecule has 1 aliphatic carbocycles. The summed E-state index contributed by atoms with van der Waals surface area (Å²) < 4.78 is 0. The first kappa shape index (κ1) is 15.0. The zero-order valence-corrected chi connectivity index (χ0v) is 12.7. The maximum atomic E-state index is 12.2. The molecule has 0 bridgehead atoms. The Morgan fingerprint density at radius 1 is 1.23 bits per heavy atom. The molecule has 22 heavy (non-hydrogen) atoms. The molecule has 1 saturated heterocycles. The van der Waals surface area contributed by atoms with Crippen molar-refractivity contribution in [3.05, 3.63) is 29.8 Å². The van der Waals surface area contributed by atoms with Crippen molar-refractivity contribution in [2.75, 3.05) is 25.0 Å². The van der Waals surface area contributed by atoms with Crippen LogP contribution in [0.25, 0.3) is 0 Å². The van der Waals surface area contributed by atoms with Gasteiger partial charge in [-0.2, -0.15) is 0 Å². The number of piperidine rings is 1. The fraction of sp³-hybridized carbons (Fsp3) is 0.529. The van der Waals surface area contributed by atoms with Crippen LogP contribution in [0, 0.1) is 11.8 Å². The van der Waals surface area contributed by atoms with Crippen molar-refractivity contribution < 1.29 is 9.59 Å². The van der Waals surface area contributed by atoms with Gasteiger partial charge in [-0.15, -0.1) is 0 Å². The topological polar surface area (TPSA) is 70.2 Å². The molecular formula is C17H23N3O2. The fourth-order valence-corrected chi connectivity index (χ4v) is 2.77. The highest BCUT2D eigenvalue weighted by Gasteiger charge is 2.29. The molecule has 3 N–H and O–H groups in total. The quantitative estimate of drug-likeness (QED) is 0.776. The highest BCUT2D eigenvalue weighted by molar-refractivity contribution is 5.98. The minimum absolute atomic E-state index is 0.0610. The van der Waals surface area contributed by atoms with E-state index in [1.807, 2.05) is 6.07 Å². The Kier molecular flexibility index (Phi) is 4.73. The van der Waals surface area contributed by atoms with Gasteiger partial charge >= 0.3 is 0 Å². The minimum atomic E-state index is -0.0758. The zero-order valence-electron chi connectivity index (χ0n) is 12.7. The summed E-state index contributed by atoms with van der Waals surface area (Å²) in [6.07, 6.45) is 4.27. The van der Waals surface area contributed by atoms with E-state index in [0.717, 1.165) is 32.4 Å². The highest BCUT2D eigenvalue weighted by Crippen LogP contribution is 2.30. The Labute approximate surface area is 130 Å². The second-order valence-corrected chi connectivity index (χ2v) is 6.27. The number of amides is 2. The first-order valence-corrected chi connectivity index (χ1v) is 8.12. The lowest BCUT2D eigenvalue weighted by Gasteiger charge is -2.22. The number of nitrogens with one attached hydrogen (secondary N) is 3. The van der Waals surface area contributed by atoms with Crippen LogP contribution in [0.3, 0.4) is 0 Å². The van der Waals surface area contributed by atoms with E-state index in [9.17, 15) is 9.59 Å². The van der Waals surface area contributed by atoms with Gasteiger partial charge in [-0.1, -0.05) is 6.07 Å². The largest absolute Gasteiger partial charge is 0.352 e. The van der Waals surface area contributed by atoms with E-state index in [0.29, 0.717) is 23.7 Å². The summed E-state index contributed by atoms with van der Waals surface area (Å²) in [5, 5.41) is 9.22. The van der Waals surface area contributed by atoms with Crippen molar-refractivity contribution >= 4 is 17.5 Å². The van der Waals surface area contributed by atoms with E-state index >= 15 is 0 Å². The molecule has 1 atom stereocenters. The lowest BCUT2D eigenvalue weighted by atomic mass is 9.99. The monoisotopic (exact) mass is 301 g/mol. The number of benzene rings is 1. The lowest BCUT2D eigenvalue weighted by molar-refractivity contribution is -0.117. The molecule has 3 rings (SSSR count).